The summed E-state index contributed by atoms with van der Waals surface area (Å²) in [6.45, 7) is 6.14. The molecule has 2 aromatic heterocycles. The van der Waals surface area contributed by atoms with Gasteiger partial charge in [0.05, 0.1) is 17.5 Å². The van der Waals surface area contributed by atoms with Gasteiger partial charge < -0.3 is 0 Å². The average molecular weight is 341 g/mol. The number of halogens is 1. The van der Waals surface area contributed by atoms with Crippen molar-refractivity contribution >= 4 is 22.4 Å². The second-order valence-electron chi connectivity index (χ2n) is 5.62. The van der Waals surface area contributed by atoms with E-state index in [2.05, 4.69) is 34.3 Å². The van der Waals surface area contributed by atoms with Gasteiger partial charge >= 0.3 is 0 Å². The van der Waals surface area contributed by atoms with Gasteiger partial charge in [0, 0.05) is 17.1 Å². The number of amides is 1. The van der Waals surface area contributed by atoms with Gasteiger partial charge in [0.2, 0.25) is 0 Å². The van der Waals surface area contributed by atoms with Crippen molar-refractivity contribution < 1.29 is 9.18 Å². The zero-order valence-corrected chi connectivity index (χ0v) is 14.4. The number of benzene rings is 1. The van der Waals surface area contributed by atoms with Gasteiger partial charge in [-0.2, -0.15) is 0 Å². The summed E-state index contributed by atoms with van der Waals surface area (Å²) < 4.78 is 13.6. The van der Waals surface area contributed by atoms with Crippen molar-refractivity contribution in [3.05, 3.63) is 64.0 Å². The van der Waals surface area contributed by atoms with Crippen LogP contribution in [-0.2, 0) is 0 Å². The summed E-state index contributed by atoms with van der Waals surface area (Å²) in [5.41, 5.74) is 5.29. The molecule has 0 saturated carbocycles. The zero-order chi connectivity index (χ0) is 17.3. The first-order valence-corrected chi connectivity index (χ1v) is 8.28. The van der Waals surface area contributed by atoms with Crippen LogP contribution in [0.5, 0.6) is 0 Å². The van der Waals surface area contributed by atoms with E-state index >= 15 is 0 Å². The molecular formula is C18H16FN3OS. The summed E-state index contributed by atoms with van der Waals surface area (Å²) in [7, 11) is 0. The van der Waals surface area contributed by atoms with Crippen molar-refractivity contribution in [2.24, 2.45) is 0 Å². The van der Waals surface area contributed by atoms with E-state index in [0.717, 1.165) is 28.6 Å². The molecule has 0 spiro atoms. The minimum Gasteiger partial charge on any atom is -0.298 e. The predicted octanol–water partition coefficient (Wildman–Crippen LogP) is 4.52. The van der Waals surface area contributed by atoms with Gasteiger partial charge in [-0.05, 0) is 38.0 Å². The molecule has 1 aromatic carbocycles. The summed E-state index contributed by atoms with van der Waals surface area (Å²) in [4.78, 5) is 20.3. The number of hydrogen-bond donors (Lipinski definition) is 1. The number of carbonyl (C=O) groups is 1. The van der Waals surface area contributed by atoms with E-state index in [1.165, 1.54) is 29.2 Å². The summed E-state index contributed by atoms with van der Waals surface area (Å²) in [6, 6.07) is 5.55. The highest BCUT2D eigenvalue weighted by Gasteiger charge is 2.15. The number of carbonyl (C=O) groups excluding carboxylic acids is 1. The molecule has 2 heterocycles. The van der Waals surface area contributed by atoms with Gasteiger partial charge in [0.25, 0.3) is 5.91 Å². The van der Waals surface area contributed by atoms with Crippen molar-refractivity contribution in [2.75, 3.05) is 5.32 Å². The van der Waals surface area contributed by atoms with Crippen LogP contribution in [0.4, 0.5) is 9.52 Å². The topological polar surface area (TPSA) is 54.9 Å². The molecule has 0 saturated heterocycles. The second kappa shape index (κ2) is 6.49. The van der Waals surface area contributed by atoms with Gasteiger partial charge in [0.1, 0.15) is 0 Å². The Morgan fingerprint density at radius 3 is 2.58 bits per heavy atom. The molecule has 0 bridgehead atoms. The number of aromatic nitrogens is 2. The molecule has 4 nitrogen and oxygen atoms in total. The van der Waals surface area contributed by atoms with Gasteiger partial charge in [-0.15, -0.1) is 11.3 Å². The molecule has 0 aliphatic rings. The highest BCUT2D eigenvalue weighted by molar-refractivity contribution is 7.14. The Morgan fingerprint density at radius 2 is 1.92 bits per heavy atom. The first-order chi connectivity index (χ1) is 11.5. The van der Waals surface area contributed by atoms with Crippen molar-refractivity contribution in [3.63, 3.8) is 0 Å². The van der Waals surface area contributed by atoms with Gasteiger partial charge in [0.15, 0.2) is 10.9 Å². The Kier molecular flexibility index (Phi) is 4.40. The summed E-state index contributed by atoms with van der Waals surface area (Å²) >= 11 is 1.31. The third kappa shape index (κ3) is 3.19. The smallest absolute Gasteiger partial charge is 0.260 e. The van der Waals surface area contributed by atoms with Crippen LogP contribution in [0.3, 0.4) is 0 Å². The number of pyridine rings is 1. The molecule has 0 aliphatic carbocycles. The lowest BCUT2D eigenvalue weighted by Crippen LogP contribution is -2.13. The van der Waals surface area contributed by atoms with Gasteiger partial charge in [-0.3, -0.25) is 15.1 Å². The lowest BCUT2D eigenvalue weighted by molar-refractivity contribution is 0.102. The summed E-state index contributed by atoms with van der Waals surface area (Å²) in [5, 5.41) is 4.97. The molecule has 3 aromatic rings. The van der Waals surface area contributed by atoms with Crippen LogP contribution < -0.4 is 5.32 Å². The highest BCUT2D eigenvalue weighted by atomic mass is 32.1. The van der Waals surface area contributed by atoms with Crippen LogP contribution in [0.2, 0.25) is 0 Å². The maximum Gasteiger partial charge on any atom is 0.260 e. The SMILES string of the molecule is Cc1cc(C)c(-c2csc(NC(=O)c3ccncc3F)n2)c(C)c1. The molecular weight excluding hydrogens is 325 g/mol. The van der Waals surface area contributed by atoms with Crippen LogP contribution in [0.15, 0.2) is 36.0 Å². The Bertz CT molecular complexity index is 897. The number of hydrogen-bond acceptors (Lipinski definition) is 4. The van der Waals surface area contributed by atoms with E-state index < -0.39 is 11.7 Å². The van der Waals surface area contributed by atoms with Crippen molar-refractivity contribution in [3.8, 4) is 11.3 Å². The standard InChI is InChI=1S/C18H16FN3OS/c1-10-6-11(2)16(12(3)7-10)15-9-24-18(21-15)22-17(23)13-4-5-20-8-14(13)19/h4-9H,1-3H3,(H,21,22,23). The van der Waals surface area contributed by atoms with E-state index in [-0.39, 0.29) is 5.56 Å². The van der Waals surface area contributed by atoms with E-state index in [9.17, 15) is 9.18 Å². The molecule has 1 N–H and O–H groups in total. The number of nitrogens with zero attached hydrogens (tertiary/aromatic N) is 2. The first kappa shape index (κ1) is 16.3. The lowest BCUT2D eigenvalue weighted by atomic mass is 9.98. The fourth-order valence-electron chi connectivity index (χ4n) is 2.75. The fourth-order valence-corrected chi connectivity index (χ4v) is 3.45. The van der Waals surface area contributed by atoms with Crippen LogP contribution in [0.1, 0.15) is 27.0 Å². The zero-order valence-electron chi connectivity index (χ0n) is 13.6. The third-order valence-corrected chi connectivity index (χ3v) is 4.43. The van der Waals surface area contributed by atoms with E-state index in [0.29, 0.717) is 5.13 Å². The first-order valence-electron chi connectivity index (χ1n) is 7.40. The van der Waals surface area contributed by atoms with Crippen molar-refractivity contribution in [2.45, 2.75) is 20.8 Å². The fraction of sp³-hybridized carbons (Fsp3) is 0.167. The molecule has 122 valence electrons. The maximum atomic E-state index is 13.6. The monoisotopic (exact) mass is 341 g/mol. The molecule has 0 fully saturated rings. The van der Waals surface area contributed by atoms with Crippen LogP contribution >= 0.6 is 11.3 Å². The van der Waals surface area contributed by atoms with Crippen LogP contribution in [0, 0.1) is 26.6 Å². The Morgan fingerprint density at radius 1 is 1.21 bits per heavy atom. The van der Waals surface area contributed by atoms with Gasteiger partial charge in [-0.25, -0.2) is 9.37 Å². The lowest BCUT2D eigenvalue weighted by Gasteiger charge is -2.08. The largest absolute Gasteiger partial charge is 0.298 e. The molecule has 0 radical (unpaired) electrons. The highest BCUT2D eigenvalue weighted by Crippen LogP contribution is 2.31. The molecule has 0 unspecified atom stereocenters. The normalized spacial score (nSPS) is 10.7. The Labute approximate surface area is 143 Å². The van der Waals surface area contributed by atoms with Crippen LogP contribution in [-0.4, -0.2) is 15.9 Å². The van der Waals surface area contributed by atoms with Crippen molar-refractivity contribution in [1.82, 2.24) is 9.97 Å². The molecule has 6 heteroatoms. The second-order valence-corrected chi connectivity index (χ2v) is 6.48. The van der Waals surface area contributed by atoms with Crippen molar-refractivity contribution in [1.29, 1.82) is 0 Å². The predicted molar refractivity (Wildman–Crippen MR) is 93.9 cm³/mol. The average Bonchev–Trinajstić information content (AvgIpc) is 2.94. The van der Waals surface area contributed by atoms with Gasteiger partial charge in [-0.1, -0.05) is 17.7 Å². The third-order valence-electron chi connectivity index (χ3n) is 3.67. The number of rotatable bonds is 3. The minimum absolute atomic E-state index is 0.0514. The molecule has 1 amide bonds. The van der Waals surface area contributed by atoms with Crippen LogP contribution in [0.25, 0.3) is 11.3 Å². The molecule has 0 aliphatic heterocycles. The van der Waals surface area contributed by atoms with E-state index in [4.69, 9.17) is 0 Å². The van der Waals surface area contributed by atoms with E-state index in [1.54, 1.807) is 0 Å². The summed E-state index contributed by atoms with van der Waals surface area (Å²) in [5.74, 6) is -1.19. The number of nitrogens with one attached hydrogen (secondary N) is 1. The summed E-state index contributed by atoms with van der Waals surface area (Å²) in [6.07, 6.45) is 2.39. The number of anilines is 1. The Balaban J connectivity index is 1.87. The number of aryl methyl sites for hydroxylation is 3. The Hall–Kier alpha value is -2.60. The number of thiazole rings is 1. The molecule has 3 rings (SSSR count). The molecule has 0 atom stereocenters. The minimum atomic E-state index is -0.656. The maximum absolute atomic E-state index is 13.6. The van der Waals surface area contributed by atoms with E-state index in [1.807, 2.05) is 19.2 Å². The quantitative estimate of drug-likeness (QED) is 0.762. The molecule has 24 heavy (non-hydrogen) atoms.